The summed E-state index contributed by atoms with van der Waals surface area (Å²) in [6, 6.07) is 21.9. The maximum atomic E-state index is 6.52. The van der Waals surface area contributed by atoms with Crippen LogP contribution >= 0.6 is 23.2 Å². The van der Waals surface area contributed by atoms with Gasteiger partial charge in [-0.3, -0.25) is 0 Å². The monoisotopic (exact) mass is 416 g/mol. The van der Waals surface area contributed by atoms with Gasteiger partial charge in [0, 0.05) is 21.7 Å². The van der Waals surface area contributed by atoms with Crippen LogP contribution in [-0.4, -0.2) is 6.61 Å². The highest BCUT2D eigenvalue weighted by molar-refractivity contribution is 6.32. The van der Waals surface area contributed by atoms with Crippen molar-refractivity contribution < 1.29 is 14.8 Å². The van der Waals surface area contributed by atoms with E-state index in [1.165, 1.54) is 5.56 Å². The van der Waals surface area contributed by atoms with Gasteiger partial charge in [-0.25, -0.2) is 0 Å². The second kappa shape index (κ2) is 10.4. The molecule has 0 unspecified atom stereocenters. The lowest BCUT2D eigenvalue weighted by Gasteiger charge is -2.15. The average molecular weight is 417 g/mol. The molecule has 3 rings (SSSR count). The van der Waals surface area contributed by atoms with Gasteiger partial charge in [-0.05, 0) is 25.1 Å². The number of ether oxygens (including phenoxy) is 2. The molecule has 0 amide bonds. The molecule has 0 saturated heterocycles. The summed E-state index contributed by atoms with van der Waals surface area (Å²) in [5, 5.41) is 3.45. The van der Waals surface area contributed by atoms with Crippen molar-refractivity contribution in [2.75, 3.05) is 6.61 Å². The lowest BCUT2D eigenvalue weighted by Crippen LogP contribution is -2.80. The van der Waals surface area contributed by atoms with Crippen molar-refractivity contribution in [2.24, 2.45) is 0 Å². The predicted octanol–water partition coefficient (Wildman–Crippen LogP) is 5.23. The van der Waals surface area contributed by atoms with E-state index >= 15 is 0 Å². The van der Waals surface area contributed by atoms with E-state index in [1.54, 1.807) is 0 Å². The summed E-state index contributed by atoms with van der Waals surface area (Å²) in [7, 11) is 0. The molecule has 0 spiro atoms. The standard InChI is InChI=1S/C23H23Cl2NO2/c1-2-27-22-13-18(15-26-14-17-8-4-3-5-9-17)12-21(25)23(22)28-16-19-10-6-7-11-20(19)24/h3-13,26H,2,14-16H2,1H3/p+1. The van der Waals surface area contributed by atoms with Crippen LogP contribution in [0, 0.1) is 0 Å². The van der Waals surface area contributed by atoms with Gasteiger partial charge in [0.15, 0.2) is 11.5 Å². The summed E-state index contributed by atoms with van der Waals surface area (Å²) < 4.78 is 11.8. The van der Waals surface area contributed by atoms with Crippen LogP contribution < -0.4 is 14.8 Å². The van der Waals surface area contributed by atoms with Crippen LogP contribution in [0.25, 0.3) is 0 Å². The number of halogens is 2. The molecule has 0 bridgehead atoms. The number of rotatable bonds is 9. The fourth-order valence-electron chi connectivity index (χ4n) is 2.93. The molecule has 0 radical (unpaired) electrons. The highest BCUT2D eigenvalue weighted by Crippen LogP contribution is 2.37. The smallest absolute Gasteiger partial charge is 0.180 e. The quantitative estimate of drug-likeness (QED) is 0.517. The van der Waals surface area contributed by atoms with Crippen molar-refractivity contribution in [3.63, 3.8) is 0 Å². The molecule has 5 heteroatoms. The number of hydrogen-bond donors (Lipinski definition) is 1. The van der Waals surface area contributed by atoms with E-state index in [-0.39, 0.29) is 0 Å². The molecule has 2 N–H and O–H groups in total. The Bertz CT molecular complexity index is 900. The first-order valence-corrected chi connectivity index (χ1v) is 10.1. The summed E-state index contributed by atoms with van der Waals surface area (Å²) in [6.07, 6.45) is 0. The molecule has 0 fully saturated rings. The summed E-state index contributed by atoms with van der Waals surface area (Å²) in [4.78, 5) is 0. The van der Waals surface area contributed by atoms with Crippen molar-refractivity contribution in [1.82, 2.24) is 0 Å². The van der Waals surface area contributed by atoms with Gasteiger partial charge in [-0.2, -0.15) is 0 Å². The molecule has 0 aliphatic carbocycles. The first-order chi connectivity index (χ1) is 13.7. The van der Waals surface area contributed by atoms with Gasteiger partial charge in [0.2, 0.25) is 0 Å². The van der Waals surface area contributed by atoms with E-state index in [0.29, 0.717) is 34.8 Å². The predicted molar refractivity (Wildman–Crippen MR) is 114 cm³/mol. The Morgan fingerprint density at radius 1 is 0.786 bits per heavy atom. The minimum absolute atomic E-state index is 0.332. The van der Waals surface area contributed by atoms with Crippen LogP contribution in [0.2, 0.25) is 10.0 Å². The van der Waals surface area contributed by atoms with Gasteiger partial charge >= 0.3 is 0 Å². The third kappa shape index (κ3) is 5.65. The maximum absolute atomic E-state index is 6.52. The third-order valence-corrected chi connectivity index (χ3v) is 4.95. The average Bonchev–Trinajstić information content (AvgIpc) is 2.70. The molecular formula is C23H24Cl2NO2+. The lowest BCUT2D eigenvalue weighted by molar-refractivity contribution is -0.686. The Morgan fingerprint density at radius 2 is 1.50 bits per heavy atom. The number of benzene rings is 3. The molecule has 0 aliphatic heterocycles. The normalized spacial score (nSPS) is 10.7. The lowest BCUT2D eigenvalue weighted by atomic mass is 10.1. The first-order valence-electron chi connectivity index (χ1n) is 9.34. The highest BCUT2D eigenvalue weighted by Gasteiger charge is 2.14. The van der Waals surface area contributed by atoms with Gasteiger partial charge in [0.1, 0.15) is 19.7 Å². The summed E-state index contributed by atoms with van der Waals surface area (Å²) in [5.74, 6) is 1.21. The summed E-state index contributed by atoms with van der Waals surface area (Å²) >= 11 is 12.7. The molecular weight excluding hydrogens is 393 g/mol. The van der Waals surface area contributed by atoms with Gasteiger partial charge < -0.3 is 14.8 Å². The Labute approximate surface area is 176 Å². The SMILES string of the molecule is CCOc1cc(C[NH2+]Cc2ccccc2)cc(Cl)c1OCc1ccccc1Cl. The molecule has 146 valence electrons. The van der Waals surface area contributed by atoms with Crippen molar-refractivity contribution in [3.05, 3.63) is 93.5 Å². The zero-order valence-corrected chi connectivity index (χ0v) is 17.3. The molecule has 3 aromatic carbocycles. The number of nitrogens with two attached hydrogens (primary N) is 1. The fraction of sp³-hybridized carbons (Fsp3) is 0.217. The van der Waals surface area contributed by atoms with Gasteiger partial charge in [-0.15, -0.1) is 0 Å². The minimum Gasteiger partial charge on any atom is -0.490 e. The van der Waals surface area contributed by atoms with Crippen LogP contribution in [0.1, 0.15) is 23.6 Å². The Kier molecular flexibility index (Phi) is 7.61. The third-order valence-electron chi connectivity index (χ3n) is 4.30. The highest BCUT2D eigenvalue weighted by atomic mass is 35.5. The molecule has 0 aromatic heterocycles. The maximum Gasteiger partial charge on any atom is 0.180 e. The molecule has 28 heavy (non-hydrogen) atoms. The second-order valence-corrected chi connectivity index (χ2v) is 7.21. The molecule has 3 aromatic rings. The largest absolute Gasteiger partial charge is 0.490 e. The Hall–Kier alpha value is -2.20. The molecule has 0 aliphatic rings. The van der Waals surface area contributed by atoms with Crippen LogP contribution in [0.3, 0.4) is 0 Å². The van der Waals surface area contributed by atoms with Crippen LogP contribution in [-0.2, 0) is 19.7 Å². The van der Waals surface area contributed by atoms with Crippen molar-refractivity contribution in [1.29, 1.82) is 0 Å². The number of quaternary nitrogens is 1. The van der Waals surface area contributed by atoms with E-state index in [4.69, 9.17) is 32.7 Å². The van der Waals surface area contributed by atoms with Crippen LogP contribution in [0.5, 0.6) is 11.5 Å². The topological polar surface area (TPSA) is 35.1 Å². The zero-order chi connectivity index (χ0) is 19.8. The second-order valence-electron chi connectivity index (χ2n) is 6.40. The van der Waals surface area contributed by atoms with Crippen LogP contribution in [0.4, 0.5) is 0 Å². The van der Waals surface area contributed by atoms with E-state index in [2.05, 4.69) is 29.6 Å². The van der Waals surface area contributed by atoms with E-state index in [9.17, 15) is 0 Å². The summed E-state index contributed by atoms with van der Waals surface area (Å²) in [5.41, 5.74) is 3.29. The van der Waals surface area contributed by atoms with Crippen molar-refractivity contribution >= 4 is 23.2 Å². The molecule has 3 nitrogen and oxygen atoms in total. The van der Waals surface area contributed by atoms with Crippen molar-refractivity contribution in [2.45, 2.75) is 26.6 Å². The van der Waals surface area contributed by atoms with E-state index in [1.807, 2.05) is 49.4 Å². The van der Waals surface area contributed by atoms with Crippen molar-refractivity contribution in [3.8, 4) is 11.5 Å². The Balaban J connectivity index is 1.69. The fourth-order valence-corrected chi connectivity index (χ4v) is 3.41. The minimum atomic E-state index is 0.332. The molecule has 0 atom stereocenters. The first kappa shape index (κ1) is 20.5. The van der Waals surface area contributed by atoms with Gasteiger partial charge in [0.25, 0.3) is 0 Å². The molecule has 0 saturated carbocycles. The van der Waals surface area contributed by atoms with E-state index in [0.717, 1.165) is 24.2 Å². The van der Waals surface area contributed by atoms with Gasteiger partial charge in [0.05, 0.1) is 11.6 Å². The summed E-state index contributed by atoms with van der Waals surface area (Å²) in [6.45, 7) is 4.53. The van der Waals surface area contributed by atoms with E-state index < -0.39 is 0 Å². The Morgan fingerprint density at radius 3 is 2.25 bits per heavy atom. The number of hydrogen-bond acceptors (Lipinski definition) is 2. The molecule has 0 heterocycles. The zero-order valence-electron chi connectivity index (χ0n) is 15.8. The van der Waals surface area contributed by atoms with Crippen LogP contribution in [0.15, 0.2) is 66.7 Å². The van der Waals surface area contributed by atoms with Gasteiger partial charge in [-0.1, -0.05) is 71.7 Å².